The Hall–Kier alpha value is -0.650. The van der Waals surface area contributed by atoms with Crippen molar-refractivity contribution in [3.05, 3.63) is 34.1 Å². The number of amides is 1. The molecule has 0 radical (unpaired) electrons. The van der Waals surface area contributed by atoms with E-state index in [4.69, 9.17) is 0 Å². The van der Waals surface area contributed by atoms with Crippen molar-refractivity contribution in [2.24, 2.45) is 0 Å². The summed E-state index contributed by atoms with van der Waals surface area (Å²) in [7, 11) is 1.80. The van der Waals surface area contributed by atoms with Gasteiger partial charge in [0.05, 0.1) is 5.56 Å². The minimum absolute atomic E-state index is 0. The summed E-state index contributed by atoms with van der Waals surface area (Å²) >= 11 is 3.14. The van der Waals surface area contributed by atoms with Crippen molar-refractivity contribution < 1.29 is 9.18 Å². The fraction of sp³-hybridized carbons (Fsp3) is 0.364. The summed E-state index contributed by atoms with van der Waals surface area (Å²) in [6.07, 6.45) is 0. The van der Waals surface area contributed by atoms with Gasteiger partial charge in [0.1, 0.15) is 5.82 Å². The fourth-order valence-corrected chi connectivity index (χ4v) is 1.45. The quantitative estimate of drug-likeness (QED) is 0.892. The summed E-state index contributed by atoms with van der Waals surface area (Å²) < 4.78 is 14.0. The highest BCUT2D eigenvalue weighted by atomic mass is 79.9. The molecule has 0 aromatic heterocycles. The van der Waals surface area contributed by atoms with E-state index in [9.17, 15) is 9.18 Å². The molecule has 3 nitrogen and oxygen atoms in total. The van der Waals surface area contributed by atoms with Crippen LogP contribution >= 0.6 is 28.3 Å². The summed E-state index contributed by atoms with van der Waals surface area (Å²) in [6, 6.07) is 4.52. The number of rotatable bonds is 4. The Morgan fingerprint density at radius 2 is 2.18 bits per heavy atom. The summed E-state index contributed by atoms with van der Waals surface area (Å²) in [5.74, 6) is -0.920. The SMILES string of the molecule is CNC(C)CNC(=O)c1ccc(Br)cc1F.Cl. The van der Waals surface area contributed by atoms with Crippen LogP contribution in [0.4, 0.5) is 4.39 Å². The Labute approximate surface area is 115 Å². The van der Waals surface area contributed by atoms with Crippen molar-refractivity contribution in [1.29, 1.82) is 0 Å². The van der Waals surface area contributed by atoms with Gasteiger partial charge < -0.3 is 10.6 Å². The standard InChI is InChI=1S/C11H14BrFN2O.ClH/c1-7(14-2)6-15-11(16)9-4-3-8(12)5-10(9)13;/h3-5,7,14H,6H2,1-2H3,(H,15,16);1H. The van der Waals surface area contributed by atoms with E-state index in [-0.39, 0.29) is 24.0 Å². The molecule has 0 spiro atoms. The second kappa shape index (κ2) is 7.63. The lowest BCUT2D eigenvalue weighted by Gasteiger charge is -2.11. The Morgan fingerprint density at radius 3 is 2.71 bits per heavy atom. The van der Waals surface area contributed by atoms with E-state index in [1.54, 1.807) is 13.1 Å². The van der Waals surface area contributed by atoms with Gasteiger partial charge in [-0.1, -0.05) is 15.9 Å². The molecule has 1 rings (SSSR count). The molecular weight excluding hydrogens is 310 g/mol. The average molecular weight is 326 g/mol. The molecule has 1 unspecified atom stereocenters. The predicted molar refractivity (Wildman–Crippen MR) is 72.2 cm³/mol. The van der Waals surface area contributed by atoms with E-state index in [0.29, 0.717) is 11.0 Å². The van der Waals surface area contributed by atoms with Crippen LogP contribution in [0.5, 0.6) is 0 Å². The molecule has 0 bridgehead atoms. The summed E-state index contributed by atoms with van der Waals surface area (Å²) in [4.78, 5) is 11.6. The van der Waals surface area contributed by atoms with Crippen LogP contribution in [-0.4, -0.2) is 25.5 Å². The average Bonchev–Trinajstić information content (AvgIpc) is 2.25. The highest BCUT2D eigenvalue weighted by Crippen LogP contribution is 2.14. The molecule has 6 heteroatoms. The number of halogens is 3. The van der Waals surface area contributed by atoms with Gasteiger partial charge in [0.2, 0.25) is 0 Å². The smallest absolute Gasteiger partial charge is 0.254 e. The third kappa shape index (κ3) is 5.02. The molecule has 1 aromatic rings. The largest absolute Gasteiger partial charge is 0.350 e. The van der Waals surface area contributed by atoms with E-state index < -0.39 is 11.7 Å². The van der Waals surface area contributed by atoms with Gasteiger partial charge in [-0.2, -0.15) is 0 Å². The van der Waals surface area contributed by atoms with Crippen LogP contribution in [0.25, 0.3) is 0 Å². The number of hydrogen-bond donors (Lipinski definition) is 2. The lowest BCUT2D eigenvalue weighted by molar-refractivity contribution is 0.0946. The second-order valence-corrected chi connectivity index (χ2v) is 4.44. The Kier molecular flexibility index (Phi) is 7.34. The topological polar surface area (TPSA) is 41.1 Å². The number of nitrogens with one attached hydrogen (secondary N) is 2. The van der Waals surface area contributed by atoms with Gasteiger partial charge in [-0.05, 0) is 32.2 Å². The monoisotopic (exact) mass is 324 g/mol. The molecule has 0 saturated carbocycles. The van der Waals surface area contributed by atoms with Gasteiger partial charge in [0.15, 0.2) is 0 Å². The maximum absolute atomic E-state index is 13.4. The van der Waals surface area contributed by atoms with Gasteiger partial charge in [0, 0.05) is 17.1 Å². The molecule has 1 aromatic carbocycles. The summed E-state index contributed by atoms with van der Waals surface area (Å²) in [5.41, 5.74) is 0.0616. The van der Waals surface area contributed by atoms with Crippen LogP contribution in [0, 0.1) is 5.82 Å². The highest BCUT2D eigenvalue weighted by molar-refractivity contribution is 9.10. The number of likely N-dealkylation sites (N-methyl/N-ethyl adjacent to an activating group) is 1. The molecule has 0 aliphatic rings. The van der Waals surface area contributed by atoms with E-state index in [1.807, 2.05) is 6.92 Å². The molecule has 1 amide bonds. The van der Waals surface area contributed by atoms with Gasteiger partial charge >= 0.3 is 0 Å². The van der Waals surface area contributed by atoms with Crippen LogP contribution < -0.4 is 10.6 Å². The molecule has 0 saturated heterocycles. The highest BCUT2D eigenvalue weighted by Gasteiger charge is 2.11. The third-order valence-corrected chi connectivity index (χ3v) is 2.73. The van der Waals surface area contributed by atoms with Gasteiger partial charge in [-0.3, -0.25) is 4.79 Å². The van der Waals surface area contributed by atoms with Crippen molar-refractivity contribution in [3.63, 3.8) is 0 Å². The lowest BCUT2D eigenvalue weighted by Crippen LogP contribution is -2.37. The number of benzene rings is 1. The lowest BCUT2D eigenvalue weighted by atomic mass is 10.2. The molecule has 0 aliphatic heterocycles. The first-order chi connectivity index (χ1) is 7.54. The maximum Gasteiger partial charge on any atom is 0.254 e. The minimum Gasteiger partial charge on any atom is -0.350 e. The van der Waals surface area contributed by atoms with Crippen LogP contribution in [0.2, 0.25) is 0 Å². The predicted octanol–water partition coefficient (Wildman–Crippen LogP) is 2.35. The zero-order chi connectivity index (χ0) is 12.1. The zero-order valence-electron chi connectivity index (χ0n) is 9.59. The number of carbonyl (C=O) groups excluding carboxylic acids is 1. The van der Waals surface area contributed by atoms with Gasteiger partial charge in [-0.25, -0.2) is 4.39 Å². The van der Waals surface area contributed by atoms with Crippen molar-refractivity contribution in [2.75, 3.05) is 13.6 Å². The summed E-state index contributed by atoms with van der Waals surface area (Å²) in [6.45, 7) is 2.39. The molecule has 17 heavy (non-hydrogen) atoms. The van der Waals surface area contributed by atoms with E-state index >= 15 is 0 Å². The molecule has 2 N–H and O–H groups in total. The minimum atomic E-state index is -0.524. The fourth-order valence-electron chi connectivity index (χ4n) is 1.12. The Balaban J connectivity index is 0.00000256. The van der Waals surface area contributed by atoms with Crippen LogP contribution in [0.1, 0.15) is 17.3 Å². The Morgan fingerprint density at radius 1 is 1.53 bits per heavy atom. The zero-order valence-corrected chi connectivity index (χ0v) is 12.0. The molecule has 1 atom stereocenters. The molecule has 0 heterocycles. The first-order valence-electron chi connectivity index (χ1n) is 4.95. The van der Waals surface area contributed by atoms with Crippen LogP contribution in [-0.2, 0) is 0 Å². The van der Waals surface area contributed by atoms with E-state index in [0.717, 1.165) is 0 Å². The first kappa shape index (κ1) is 16.4. The molecular formula is C11H15BrClFN2O. The molecule has 0 fully saturated rings. The van der Waals surface area contributed by atoms with E-state index in [2.05, 4.69) is 26.6 Å². The van der Waals surface area contributed by atoms with Crippen molar-refractivity contribution in [2.45, 2.75) is 13.0 Å². The Bertz CT molecular complexity index is 390. The number of carbonyl (C=O) groups is 1. The van der Waals surface area contributed by atoms with Crippen LogP contribution in [0.3, 0.4) is 0 Å². The molecule has 96 valence electrons. The number of hydrogen-bond acceptors (Lipinski definition) is 2. The maximum atomic E-state index is 13.4. The first-order valence-corrected chi connectivity index (χ1v) is 5.74. The molecule has 0 aliphatic carbocycles. The second-order valence-electron chi connectivity index (χ2n) is 3.52. The normalized spacial score (nSPS) is 11.5. The van der Waals surface area contributed by atoms with Crippen molar-refractivity contribution in [3.8, 4) is 0 Å². The van der Waals surface area contributed by atoms with Gasteiger partial charge in [-0.15, -0.1) is 12.4 Å². The van der Waals surface area contributed by atoms with E-state index in [1.165, 1.54) is 12.1 Å². The van der Waals surface area contributed by atoms with Crippen LogP contribution in [0.15, 0.2) is 22.7 Å². The third-order valence-electron chi connectivity index (χ3n) is 2.24. The summed E-state index contributed by atoms with van der Waals surface area (Å²) in [5, 5.41) is 5.63. The van der Waals surface area contributed by atoms with Crippen molar-refractivity contribution >= 4 is 34.2 Å². The van der Waals surface area contributed by atoms with Crippen molar-refractivity contribution in [1.82, 2.24) is 10.6 Å². The van der Waals surface area contributed by atoms with Gasteiger partial charge in [0.25, 0.3) is 5.91 Å².